The molecule has 246 valence electrons. The van der Waals surface area contributed by atoms with Crippen molar-refractivity contribution in [2.45, 2.75) is 204 Å². The summed E-state index contributed by atoms with van der Waals surface area (Å²) < 4.78 is 11.1. The van der Waals surface area contributed by atoms with E-state index in [-0.39, 0.29) is 24.3 Å². The molecule has 0 saturated carbocycles. The van der Waals surface area contributed by atoms with Crippen LogP contribution in [0.15, 0.2) is 11.6 Å². The van der Waals surface area contributed by atoms with E-state index in [1.165, 1.54) is 57.8 Å². The highest BCUT2D eigenvalue weighted by molar-refractivity contribution is 5.90. The Hall–Kier alpha value is -0.990. The zero-order valence-electron chi connectivity index (χ0n) is 26.9. The standard InChI is InChI=1S/C35H64O7/c1-3-4-5-6-7-8-9-10-14-17-20-31(38)33-23-24-34(42-33)32(39)22-21-29(36)18-15-12-11-13-16-19-30(37)26-28-25-27(2)41-35(28)40/h25,27,29-34,36-39H,3-24,26H2,1-2H3/t27-,29+,30+,31+,32+,33+,34+/m0/s1. The molecule has 0 amide bonds. The number of unbranched alkanes of at least 4 members (excludes halogenated alkanes) is 13. The van der Waals surface area contributed by atoms with Crippen molar-refractivity contribution >= 4 is 5.97 Å². The summed E-state index contributed by atoms with van der Waals surface area (Å²) in [5, 5.41) is 41.8. The van der Waals surface area contributed by atoms with E-state index in [4.69, 9.17) is 9.47 Å². The Kier molecular flexibility index (Phi) is 19.9. The molecule has 0 radical (unpaired) electrons. The van der Waals surface area contributed by atoms with E-state index >= 15 is 0 Å². The number of cyclic esters (lactones) is 1. The average molecular weight is 597 g/mol. The van der Waals surface area contributed by atoms with E-state index in [1.54, 1.807) is 6.08 Å². The van der Waals surface area contributed by atoms with Crippen LogP contribution in [-0.4, -0.2) is 69.1 Å². The lowest BCUT2D eigenvalue weighted by Crippen LogP contribution is -2.31. The molecule has 2 aliphatic rings. The van der Waals surface area contributed by atoms with Crippen LogP contribution in [0.25, 0.3) is 0 Å². The SMILES string of the molecule is CCCCCCCCCCCC[C@@H](O)[C@H]1CC[C@H]([C@H](O)CC[C@H](O)CCCCCCC[C@@H](O)CC2=C[C@H](C)OC2=O)O1. The zero-order valence-corrected chi connectivity index (χ0v) is 26.9. The number of esters is 1. The maximum absolute atomic E-state index is 11.6. The Labute approximate surface area is 256 Å². The van der Waals surface area contributed by atoms with Gasteiger partial charge in [0, 0.05) is 12.0 Å². The molecule has 7 nitrogen and oxygen atoms in total. The molecular formula is C35H64O7. The molecule has 4 N–H and O–H groups in total. The van der Waals surface area contributed by atoms with Crippen molar-refractivity contribution in [3.8, 4) is 0 Å². The molecule has 42 heavy (non-hydrogen) atoms. The molecule has 0 bridgehead atoms. The summed E-state index contributed by atoms with van der Waals surface area (Å²) in [7, 11) is 0. The van der Waals surface area contributed by atoms with Crippen LogP contribution < -0.4 is 0 Å². The second kappa shape index (κ2) is 22.5. The predicted octanol–water partition coefficient (Wildman–Crippen LogP) is 7.06. The van der Waals surface area contributed by atoms with Gasteiger partial charge in [0.25, 0.3) is 0 Å². The molecule has 0 spiro atoms. The fourth-order valence-electron chi connectivity index (χ4n) is 6.40. The van der Waals surface area contributed by atoms with Crippen LogP contribution in [0, 0.1) is 0 Å². The fraction of sp³-hybridized carbons (Fsp3) is 0.914. The molecule has 0 aromatic heterocycles. The Balaban J connectivity index is 1.42. The smallest absolute Gasteiger partial charge is 0.334 e. The highest BCUT2D eigenvalue weighted by Crippen LogP contribution is 2.28. The lowest BCUT2D eigenvalue weighted by atomic mass is 9.98. The van der Waals surface area contributed by atoms with Crippen molar-refractivity contribution in [3.05, 3.63) is 11.6 Å². The largest absolute Gasteiger partial charge is 0.455 e. The van der Waals surface area contributed by atoms with Crippen LogP contribution >= 0.6 is 0 Å². The van der Waals surface area contributed by atoms with Gasteiger partial charge in [0.1, 0.15) is 6.10 Å². The second-order valence-electron chi connectivity index (χ2n) is 13.1. The average Bonchev–Trinajstić information content (AvgIpc) is 3.58. The lowest BCUT2D eigenvalue weighted by molar-refractivity contribution is -0.139. The normalized spacial score (nSPS) is 23.5. The van der Waals surface area contributed by atoms with Gasteiger partial charge in [0.05, 0.1) is 36.6 Å². The van der Waals surface area contributed by atoms with Crippen LogP contribution in [-0.2, 0) is 14.3 Å². The first-order valence-electron chi connectivity index (χ1n) is 17.6. The highest BCUT2D eigenvalue weighted by Gasteiger charge is 2.34. The number of aliphatic hydroxyl groups is 4. The number of aliphatic hydroxyl groups excluding tert-OH is 4. The molecule has 0 aromatic carbocycles. The number of rotatable bonds is 26. The summed E-state index contributed by atoms with van der Waals surface area (Å²) in [5.74, 6) is -0.304. The van der Waals surface area contributed by atoms with Gasteiger partial charge in [0.15, 0.2) is 0 Å². The van der Waals surface area contributed by atoms with E-state index in [0.717, 1.165) is 64.2 Å². The van der Waals surface area contributed by atoms with Gasteiger partial charge in [0.2, 0.25) is 0 Å². The topological polar surface area (TPSA) is 116 Å². The van der Waals surface area contributed by atoms with Gasteiger partial charge in [-0.25, -0.2) is 4.79 Å². The maximum atomic E-state index is 11.6. The number of carbonyl (C=O) groups is 1. The number of hydrogen-bond donors (Lipinski definition) is 4. The number of ether oxygens (including phenoxy) is 2. The molecule has 7 atom stereocenters. The van der Waals surface area contributed by atoms with Gasteiger partial charge in [-0.2, -0.15) is 0 Å². The van der Waals surface area contributed by atoms with E-state index in [1.807, 2.05) is 6.92 Å². The van der Waals surface area contributed by atoms with Crippen LogP contribution in [0.3, 0.4) is 0 Å². The molecule has 2 rings (SSSR count). The van der Waals surface area contributed by atoms with Gasteiger partial charge in [-0.3, -0.25) is 0 Å². The zero-order chi connectivity index (χ0) is 30.6. The molecule has 0 aliphatic carbocycles. The van der Waals surface area contributed by atoms with E-state index in [0.29, 0.717) is 31.3 Å². The molecule has 1 fully saturated rings. The summed E-state index contributed by atoms with van der Waals surface area (Å²) in [6, 6.07) is 0. The van der Waals surface area contributed by atoms with Gasteiger partial charge in [-0.05, 0) is 57.9 Å². The monoisotopic (exact) mass is 596 g/mol. The molecule has 1 saturated heterocycles. The van der Waals surface area contributed by atoms with E-state index < -0.39 is 24.4 Å². The van der Waals surface area contributed by atoms with E-state index in [9.17, 15) is 25.2 Å². The minimum Gasteiger partial charge on any atom is -0.455 e. The Morgan fingerprint density at radius 1 is 0.667 bits per heavy atom. The summed E-state index contributed by atoms with van der Waals surface area (Å²) in [4.78, 5) is 11.6. The predicted molar refractivity (Wildman–Crippen MR) is 168 cm³/mol. The minimum atomic E-state index is -0.592. The first-order chi connectivity index (χ1) is 20.3. The third-order valence-electron chi connectivity index (χ3n) is 9.11. The third kappa shape index (κ3) is 16.2. The molecule has 2 aliphatic heterocycles. The Morgan fingerprint density at radius 3 is 1.67 bits per heavy atom. The molecule has 7 heteroatoms. The van der Waals surface area contributed by atoms with E-state index in [2.05, 4.69) is 6.92 Å². The quantitative estimate of drug-likeness (QED) is 0.0624. The minimum absolute atomic E-state index is 0.172. The van der Waals surface area contributed by atoms with Crippen molar-refractivity contribution in [2.24, 2.45) is 0 Å². The Morgan fingerprint density at radius 2 is 1.14 bits per heavy atom. The number of hydrogen-bond acceptors (Lipinski definition) is 7. The fourth-order valence-corrected chi connectivity index (χ4v) is 6.40. The first-order valence-corrected chi connectivity index (χ1v) is 17.6. The van der Waals surface area contributed by atoms with Crippen molar-refractivity contribution in [1.29, 1.82) is 0 Å². The maximum Gasteiger partial charge on any atom is 0.334 e. The first kappa shape index (κ1) is 37.2. The molecule has 0 unspecified atom stereocenters. The highest BCUT2D eigenvalue weighted by atomic mass is 16.5. The molecule has 2 heterocycles. The number of carbonyl (C=O) groups excluding carboxylic acids is 1. The summed E-state index contributed by atoms with van der Waals surface area (Å²) in [5.41, 5.74) is 0.589. The second-order valence-corrected chi connectivity index (χ2v) is 13.1. The van der Waals surface area contributed by atoms with Crippen molar-refractivity contribution < 1.29 is 34.7 Å². The van der Waals surface area contributed by atoms with Crippen molar-refractivity contribution in [3.63, 3.8) is 0 Å². The summed E-state index contributed by atoms with van der Waals surface area (Å²) in [6.45, 7) is 4.07. The van der Waals surface area contributed by atoms with Crippen LogP contribution in [0.1, 0.15) is 162 Å². The Bertz CT molecular complexity index is 726. The van der Waals surface area contributed by atoms with Crippen LogP contribution in [0.4, 0.5) is 0 Å². The summed E-state index contributed by atoms with van der Waals surface area (Å²) in [6.07, 6.45) is 22.3. The van der Waals surface area contributed by atoms with Crippen LogP contribution in [0.2, 0.25) is 0 Å². The summed E-state index contributed by atoms with van der Waals surface area (Å²) >= 11 is 0. The van der Waals surface area contributed by atoms with Gasteiger partial charge >= 0.3 is 5.97 Å². The van der Waals surface area contributed by atoms with Crippen molar-refractivity contribution in [2.75, 3.05) is 0 Å². The van der Waals surface area contributed by atoms with Crippen LogP contribution in [0.5, 0.6) is 0 Å². The van der Waals surface area contributed by atoms with Gasteiger partial charge in [-0.1, -0.05) is 103 Å². The molecule has 0 aromatic rings. The molecular weight excluding hydrogens is 532 g/mol. The third-order valence-corrected chi connectivity index (χ3v) is 9.11. The lowest BCUT2D eigenvalue weighted by Gasteiger charge is -2.23. The van der Waals surface area contributed by atoms with Gasteiger partial charge < -0.3 is 29.9 Å². The van der Waals surface area contributed by atoms with Crippen molar-refractivity contribution in [1.82, 2.24) is 0 Å². The van der Waals surface area contributed by atoms with Gasteiger partial charge in [-0.15, -0.1) is 0 Å².